The quantitative estimate of drug-likeness (QED) is 0.0283. The van der Waals surface area contributed by atoms with E-state index in [9.17, 15) is 33.6 Å². The van der Waals surface area contributed by atoms with Crippen molar-refractivity contribution >= 4 is 101 Å². The van der Waals surface area contributed by atoms with Gasteiger partial charge in [0.15, 0.2) is 22.4 Å². The number of benzene rings is 9. The van der Waals surface area contributed by atoms with Crippen LogP contribution >= 0.6 is 0 Å². The molecule has 2 aliphatic rings. The standard InChI is InChI=1S/C71H62N6O10/c1-40-16-24-45(25-17-40)72-61-53-44(5)76(69(82)58(53)62(73-46-26-18-41(2)19-27-46)55-54(61)65(78)49-12-6-7-13-50(49)66(55)79)32-10-34-85-36-38-87-39-37-86-35-11-33-77-70(83)59-60(71(77)84)64(75-48-30-22-43(4)23-31-48)57-56(63(59)74-47-28-20-42(3)21-29-47)67(80)51-14-8-9-15-52(51)68(57)81/h6-9,12-31,72-75H,5,10-11,32-39H2,1-4H3. The first kappa shape index (κ1) is 57.3. The first-order valence-electron chi connectivity index (χ1n) is 29.0. The van der Waals surface area contributed by atoms with Crippen molar-refractivity contribution in [2.24, 2.45) is 0 Å². The zero-order valence-electron chi connectivity index (χ0n) is 48.6. The maximum Gasteiger partial charge on any atom is 0.263 e. The molecular formula is C71H62N6O10. The molecule has 0 saturated carbocycles. The van der Waals surface area contributed by atoms with E-state index < -0.39 is 22.0 Å². The van der Waals surface area contributed by atoms with Gasteiger partial charge in [0.25, 0.3) is 17.0 Å². The van der Waals surface area contributed by atoms with Crippen molar-refractivity contribution in [1.82, 2.24) is 9.47 Å². The average molecular weight is 1160 g/mol. The molecule has 0 unspecified atom stereocenters. The third-order valence-corrected chi connectivity index (χ3v) is 16.1. The highest BCUT2D eigenvalue weighted by Gasteiger charge is 2.44. The predicted molar refractivity (Wildman–Crippen MR) is 344 cm³/mol. The third-order valence-electron chi connectivity index (χ3n) is 16.1. The van der Waals surface area contributed by atoms with Crippen LogP contribution in [0.5, 0.6) is 0 Å². The molecule has 0 radical (unpaired) electrons. The third kappa shape index (κ3) is 10.8. The van der Waals surface area contributed by atoms with Gasteiger partial charge in [0.1, 0.15) is 0 Å². The first-order valence-corrected chi connectivity index (χ1v) is 29.0. The lowest BCUT2D eigenvalue weighted by Crippen LogP contribution is -2.26. The number of carbonyl (C=O) groups is 3. The number of fused-ring (bicyclic) bond motifs is 6. The largest absolute Gasteiger partial charge is 0.379 e. The van der Waals surface area contributed by atoms with Crippen molar-refractivity contribution in [2.75, 3.05) is 67.5 Å². The van der Waals surface area contributed by atoms with Gasteiger partial charge >= 0.3 is 0 Å². The predicted octanol–water partition coefficient (Wildman–Crippen LogP) is 12.2. The molecule has 0 saturated heterocycles. The molecule has 16 heteroatoms. The molecule has 16 nitrogen and oxygen atoms in total. The summed E-state index contributed by atoms with van der Waals surface area (Å²) in [6.07, 6.45) is 0.722. The van der Waals surface area contributed by atoms with Crippen LogP contribution in [0.2, 0.25) is 0 Å². The van der Waals surface area contributed by atoms with Crippen molar-refractivity contribution in [1.29, 1.82) is 0 Å². The molecule has 0 fully saturated rings. The summed E-state index contributed by atoms with van der Waals surface area (Å²) in [4.78, 5) is 104. The van der Waals surface area contributed by atoms with Gasteiger partial charge in [-0.05, 0) is 89.1 Å². The number of hydrogen-bond donors (Lipinski definition) is 4. The van der Waals surface area contributed by atoms with Gasteiger partial charge in [-0.3, -0.25) is 38.1 Å². The second-order valence-corrected chi connectivity index (χ2v) is 22.1. The minimum Gasteiger partial charge on any atom is -0.379 e. The minimum absolute atomic E-state index is 0.00257. The molecule has 87 heavy (non-hydrogen) atoms. The van der Waals surface area contributed by atoms with Gasteiger partial charge in [-0.1, -0.05) is 126 Å². The summed E-state index contributed by atoms with van der Waals surface area (Å²) in [6.45, 7) is 13.9. The molecule has 4 N–H and O–H groups in total. The van der Waals surface area contributed by atoms with Gasteiger partial charge in [0.05, 0.1) is 87.4 Å². The number of amides is 1. The smallest absolute Gasteiger partial charge is 0.263 e. The molecule has 0 atom stereocenters. The van der Waals surface area contributed by atoms with Crippen LogP contribution in [0.15, 0.2) is 171 Å². The Bertz CT molecular complexity index is 4370. The highest BCUT2D eigenvalue weighted by Crippen LogP contribution is 2.50. The lowest BCUT2D eigenvalue weighted by Gasteiger charge is -2.27. The van der Waals surface area contributed by atoms with Gasteiger partial charge < -0.3 is 40.4 Å². The second-order valence-electron chi connectivity index (χ2n) is 22.1. The molecule has 2 heterocycles. The van der Waals surface area contributed by atoms with E-state index in [0.717, 1.165) is 26.8 Å². The van der Waals surface area contributed by atoms with Crippen LogP contribution in [0.1, 0.15) is 82.9 Å². The fraction of sp³-hybridized carbons (Fsp3) is 0.197. The number of ether oxygens (including phenoxy) is 3. The van der Waals surface area contributed by atoms with Gasteiger partial charge in [0, 0.05) is 82.2 Å². The summed E-state index contributed by atoms with van der Waals surface area (Å²) in [5.41, 5.74) is 6.96. The van der Waals surface area contributed by atoms with Crippen LogP contribution in [0.25, 0.3) is 38.0 Å². The van der Waals surface area contributed by atoms with Crippen molar-refractivity contribution < 1.29 is 28.6 Å². The number of carbonyl (C=O) groups excluding carboxylic acids is 3. The van der Waals surface area contributed by atoms with E-state index in [2.05, 4.69) is 27.8 Å². The van der Waals surface area contributed by atoms with Crippen molar-refractivity contribution in [3.05, 3.63) is 249 Å². The number of ketones is 2. The van der Waals surface area contributed by atoms with Crippen molar-refractivity contribution in [3.63, 3.8) is 0 Å². The topological polar surface area (TPSA) is 203 Å². The highest BCUT2D eigenvalue weighted by atomic mass is 16.5. The molecule has 1 amide bonds. The first-order chi connectivity index (χ1) is 42.2. The Morgan fingerprint density at radius 1 is 0.379 bits per heavy atom. The van der Waals surface area contributed by atoms with Crippen LogP contribution in [0.3, 0.4) is 0 Å². The molecule has 1 aliphatic carbocycles. The Kier molecular flexibility index (Phi) is 15.9. The molecule has 1 aliphatic heterocycles. The summed E-state index contributed by atoms with van der Waals surface area (Å²) in [5.74, 6) is -1.09. The van der Waals surface area contributed by atoms with Crippen LogP contribution in [-0.4, -0.2) is 73.1 Å². The number of anilines is 8. The molecular weight excluding hydrogens is 1100 g/mol. The second kappa shape index (κ2) is 24.1. The normalized spacial score (nSPS) is 12.8. The molecule has 0 spiro atoms. The van der Waals surface area contributed by atoms with E-state index in [1.165, 1.54) is 0 Å². The fourth-order valence-electron chi connectivity index (χ4n) is 11.6. The molecule has 0 bridgehead atoms. The van der Waals surface area contributed by atoms with E-state index in [1.54, 1.807) is 53.4 Å². The lowest BCUT2D eigenvalue weighted by atomic mass is 9.79. The molecule has 1 aromatic heterocycles. The van der Waals surface area contributed by atoms with Gasteiger partial charge in [-0.2, -0.15) is 0 Å². The van der Waals surface area contributed by atoms with Crippen LogP contribution in [-0.2, 0) is 20.8 Å². The highest BCUT2D eigenvalue weighted by molar-refractivity contribution is 6.35. The van der Waals surface area contributed by atoms with Crippen molar-refractivity contribution in [2.45, 2.75) is 47.1 Å². The van der Waals surface area contributed by atoms with Gasteiger partial charge in [-0.25, -0.2) is 0 Å². The number of nitrogens with one attached hydrogen (secondary N) is 4. The summed E-state index contributed by atoms with van der Waals surface area (Å²) >= 11 is 0. The van der Waals surface area contributed by atoms with Gasteiger partial charge in [-0.15, -0.1) is 0 Å². The fourth-order valence-corrected chi connectivity index (χ4v) is 11.6. The lowest BCUT2D eigenvalue weighted by molar-refractivity contribution is 0.0127. The van der Waals surface area contributed by atoms with Gasteiger partial charge in [0.2, 0.25) is 0 Å². The zero-order valence-corrected chi connectivity index (χ0v) is 48.6. The SMILES string of the molecule is C=C1c2c(Nc3ccc(C)cc3)c3c(c(Nc4ccc(C)cc4)c2C(=O)N1CCCOCCOCCOCCCn1c(=O)c2c(Nc4ccc(C)cc4)c4c(=O)c5ccccc5c(=O)c4c(Nc4ccc(C)cc4)c2c1=O)C(=O)c1ccccc1C3=O. The number of rotatable bonds is 22. The zero-order chi connectivity index (χ0) is 60.6. The number of aromatic nitrogens is 1. The number of nitrogens with zero attached hydrogens (tertiary/aromatic N) is 2. The van der Waals surface area contributed by atoms with E-state index in [4.69, 9.17) is 14.2 Å². The molecule has 436 valence electrons. The van der Waals surface area contributed by atoms with E-state index in [-0.39, 0.29) is 154 Å². The monoisotopic (exact) mass is 1160 g/mol. The summed E-state index contributed by atoms with van der Waals surface area (Å²) in [7, 11) is 0. The van der Waals surface area contributed by atoms with E-state index in [0.29, 0.717) is 46.1 Å². The molecule has 9 aromatic carbocycles. The average Bonchev–Trinajstić information content (AvgIpc) is 1.70. The van der Waals surface area contributed by atoms with Crippen LogP contribution < -0.4 is 43.2 Å². The minimum atomic E-state index is -0.607. The maximum absolute atomic E-state index is 14.8. The summed E-state index contributed by atoms with van der Waals surface area (Å²) in [5, 5.41) is 13.8. The van der Waals surface area contributed by atoms with Crippen LogP contribution in [0.4, 0.5) is 45.5 Å². The molecule has 10 aromatic rings. The summed E-state index contributed by atoms with van der Waals surface area (Å²) in [6, 6.07) is 43.3. The number of hydrogen-bond acceptors (Lipinski definition) is 14. The van der Waals surface area contributed by atoms with Crippen molar-refractivity contribution in [3.8, 4) is 0 Å². The van der Waals surface area contributed by atoms with Crippen LogP contribution in [0, 0.1) is 27.7 Å². The van der Waals surface area contributed by atoms with E-state index >= 15 is 0 Å². The Balaban J connectivity index is 0.697. The maximum atomic E-state index is 14.8. The Labute approximate surface area is 500 Å². The van der Waals surface area contributed by atoms with E-state index in [1.807, 2.05) is 125 Å². The molecule has 12 rings (SSSR count). The number of aryl methyl sites for hydroxylation is 4. The summed E-state index contributed by atoms with van der Waals surface area (Å²) < 4.78 is 18.8. The Morgan fingerprint density at radius 3 is 1.13 bits per heavy atom. The Morgan fingerprint density at radius 2 is 0.724 bits per heavy atom. The Hall–Kier alpha value is -10.1.